The molecule has 1 aliphatic rings. The molecule has 24 heavy (non-hydrogen) atoms. The van der Waals surface area contributed by atoms with Crippen molar-refractivity contribution in [3.05, 3.63) is 23.8 Å². The Labute approximate surface area is 150 Å². The summed E-state index contributed by atoms with van der Waals surface area (Å²) in [6.07, 6.45) is 5.12. The normalized spacial score (nSPS) is 21.3. The lowest BCUT2D eigenvalue weighted by Gasteiger charge is -2.34. The minimum Gasteiger partial charge on any atom is -0.316 e. The number of nitrogens with zero attached hydrogens (tertiary/aromatic N) is 2. The standard InChI is InChI=1S/C11H23N.C10H16N2/c1-8(2)10-5-11(9(3)4)7-12-6-10;1-7(2)9-5-11-6-10(12-9)8(3)4/h8-12H,5-7H2,1-4H3;5-8H,1-4H3. The van der Waals surface area contributed by atoms with Crippen molar-refractivity contribution in [2.24, 2.45) is 23.7 Å². The highest BCUT2D eigenvalue weighted by Gasteiger charge is 2.25. The zero-order valence-corrected chi connectivity index (χ0v) is 17.1. The van der Waals surface area contributed by atoms with Gasteiger partial charge in [0.1, 0.15) is 0 Å². The first-order valence-electron chi connectivity index (χ1n) is 9.74. The quantitative estimate of drug-likeness (QED) is 0.818. The molecule has 3 heteroatoms. The van der Waals surface area contributed by atoms with Gasteiger partial charge >= 0.3 is 0 Å². The summed E-state index contributed by atoms with van der Waals surface area (Å²) < 4.78 is 0. The lowest BCUT2D eigenvalue weighted by atomic mass is 9.79. The molecule has 2 rings (SSSR count). The SMILES string of the molecule is CC(C)C1CNCC(C(C)C)C1.CC(C)c1cncc(C(C)C)n1. The van der Waals surface area contributed by atoms with Crippen molar-refractivity contribution in [1.82, 2.24) is 15.3 Å². The molecule has 1 saturated heterocycles. The van der Waals surface area contributed by atoms with Gasteiger partial charge in [0.25, 0.3) is 0 Å². The first-order chi connectivity index (χ1) is 11.2. The van der Waals surface area contributed by atoms with Gasteiger partial charge in [-0.15, -0.1) is 0 Å². The van der Waals surface area contributed by atoms with Crippen LogP contribution in [-0.4, -0.2) is 23.1 Å². The molecule has 138 valence electrons. The van der Waals surface area contributed by atoms with Crippen molar-refractivity contribution in [3.63, 3.8) is 0 Å². The van der Waals surface area contributed by atoms with Crippen LogP contribution in [0.15, 0.2) is 12.4 Å². The second kappa shape index (κ2) is 10.1. The molecular formula is C21H39N3. The molecule has 1 aromatic heterocycles. The summed E-state index contributed by atoms with van der Waals surface area (Å²) in [7, 11) is 0. The van der Waals surface area contributed by atoms with Crippen LogP contribution >= 0.6 is 0 Å². The zero-order chi connectivity index (χ0) is 18.3. The van der Waals surface area contributed by atoms with E-state index in [9.17, 15) is 0 Å². The molecule has 0 aromatic carbocycles. The maximum atomic E-state index is 4.51. The van der Waals surface area contributed by atoms with E-state index in [-0.39, 0.29) is 0 Å². The fourth-order valence-corrected chi connectivity index (χ4v) is 2.98. The first kappa shape index (κ1) is 21.1. The van der Waals surface area contributed by atoms with Crippen molar-refractivity contribution in [1.29, 1.82) is 0 Å². The van der Waals surface area contributed by atoms with E-state index >= 15 is 0 Å². The number of hydrogen-bond donors (Lipinski definition) is 1. The number of rotatable bonds is 4. The van der Waals surface area contributed by atoms with Gasteiger partial charge in [-0.3, -0.25) is 9.97 Å². The van der Waals surface area contributed by atoms with Crippen molar-refractivity contribution in [3.8, 4) is 0 Å². The van der Waals surface area contributed by atoms with Gasteiger partial charge < -0.3 is 5.32 Å². The van der Waals surface area contributed by atoms with Crippen LogP contribution in [0.4, 0.5) is 0 Å². The maximum Gasteiger partial charge on any atom is 0.0615 e. The molecule has 1 aliphatic heterocycles. The largest absolute Gasteiger partial charge is 0.316 e. The molecule has 2 unspecified atom stereocenters. The molecule has 0 saturated carbocycles. The van der Waals surface area contributed by atoms with Crippen LogP contribution in [-0.2, 0) is 0 Å². The van der Waals surface area contributed by atoms with Gasteiger partial charge in [0.05, 0.1) is 11.4 Å². The minimum absolute atomic E-state index is 0.469. The van der Waals surface area contributed by atoms with Gasteiger partial charge in [0.2, 0.25) is 0 Å². The van der Waals surface area contributed by atoms with Gasteiger partial charge in [-0.1, -0.05) is 55.4 Å². The summed E-state index contributed by atoms with van der Waals surface area (Å²) in [5, 5.41) is 3.55. The molecule has 0 amide bonds. The van der Waals surface area contributed by atoms with Crippen molar-refractivity contribution >= 4 is 0 Å². The molecular weight excluding hydrogens is 294 g/mol. The summed E-state index contributed by atoms with van der Waals surface area (Å²) in [5.41, 5.74) is 2.17. The Morgan fingerprint density at radius 2 is 1.21 bits per heavy atom. The van der Waals surface area contributed by atoms with Crippen LogP contribution in [0.25, 0.3) is 0 Å². The smallest absolute Gasteiger partial charge is 0.0615 e. The van der Waals surface area contributed by atoms with E-state index in [0.29, 0.717) is 11.8 Å². The highest BCUT2D eigenvalue weighted by molar-refractivity contribution is 5.09. The summed E-state index contributed by atoms with van der Waals surface area (Å²) in [6.45, 7) is 20.4. The molecule has 0 bridgehead atoms. The van der Waals surface area contributed by atoms with Gasteiger partial charge in [0, 0.05) is 12.4 Å². The average Bonchev–Trinajstić information content (AvgIpc) is 2.55. The van der Waals surface area contributed by atoms with E-state index in [4.69, 9.17) is 0 Å². The lowest BCUT2D eigenvalue weighted by molar-refractivity contribution is 0.195. The van der Waals surface area contributed by atoms with E-state index in [1.54, 1.807) is 0 Å². The molecule has 1 N–H and O–H groups in total. The third-order valence-corrected chi connectivity index (χ3v) is 5.16. The molecule has 3 nitrogen and oxygen atoms in total. The topological polar surface area (TPSA) is 37.8 Å². The molecule has 0 radical (unpaired) electrons. The molecule has 0 aliphatic carbocycles. The van der Waals surface area contributed by atoms with Crippen LogP contribution in [0, 0.1) is 23.7 Å². The van der Waals surface area contributed by atoms with Crippen LogP contribution in [0.2, 0.25) is 0 Å². The molecule has 1 fully saturated rings. The van der Waals surface area contributed by atoms with Crippen molar-refractivity contribution in [2.75, 3.05) is 13.1 Å². The number of hydrogen-bond acceptors (Lipinski definition) is 3. The van der Waals surface area contributed by atoms with E-state index in [2.05, 4.69) is 70.7 Å². The highest BCUT2D eigenvalue weighted by Crippen LogP contribution is 2.27. The van der Waals surface area contributed by atoms with Crippen LogP contribution in [0.5, 0.6) is 0 Å². The maximum absolute atomic E-state index is 4.51. The Kier molecular flexibility index (Phi) is 8.90. The predicted octanol–water partition coefficient (Wildman–Crippen LogP) is 5.25. The third-order valence-electron chi connectivity index (χ3n) is 5.16. The summed E-state index contributed by atoms with van der Waals surface area (Å²) in [6, 6.07) is 0. The van der Waals surface area contributed by atoms with Gasteiger partial charge in [0.15, 0.2) is 0 Å². The molecule has 2 atom stereocenters. The van der Waals surface area contributed by atoms with Crippen LogP contribution in [0.3, 0.4) is 0 Å². The second-order valence-corrected chi connectivity index (χ2v) is 8.58. The highest BCUT2D eigenvalue weighted by atomic mass is 14.9. The molecule has 0 spiro atoms. The Hall–Kier alpha value is -0.960. The number of aromatic nitrogens is 2. The zero-order valence-electron chi connectivity index (χ0n) is 17.1. The summed E-state index contributed by atoms with van der Waals surface area (Å²) in [5.74, 6) is 4.45. The Morgan fingerprint density at radius 3 is 1.54 bits per heavy atom. The second-order valence-electron chi connectivity index (χ2n) is 8.58. The van der Waals surface area contributed by atoms with Gasteiger partial charge in [-0.05, 0) is 55.0 Å². The van der Waals surface area contributed by atoms with E-state index in [0.717, 1.165) is 35.1 Å². The average molecular weight is 334 g/mol. The monoisotopic (exact) mass is 333 g/mol. The van der Waals surface area contributed by atoms with Crippen molar-refractivity contribution < 1.29 is 0 Å². The lowest BCUT2D eigenvalue weighted by Crippen LogP contribution is -2.40. The Morgan fingerprint density at radius 1 is 0.792 bits per heavy atom. The van der Waals surface area contributed by atoms with Crippen LogP contribution < -0.4 is 5.32 Å². The number of nitrogens with one attached hydrogen (secondary N) is 1. The third kappa shape index (κ3) is 6.88. The Bertz CT molecular complexity index is 429. The number of piperidine rings is 1. The summed E-state index contributed by atoms with van der Waals surface area (Å²) >= 11 is 0. The van der Waals surface area contributed by atoms with E-state index in [1.165, 1.54) is 19.5 Å². The fourth-order valence-electron chi connectivity index (χ4n) is 2.98. The van der Waals surface area contributed by atoms with E-state index < -0.39 is 0 Å². The molecule has 2 heterocycles. The van der Waals surface area contributed by atoms with Gasteiger partial charge in [-0.25, -0.2) is 0 Å². The van der Waals surface area contributed by atoms with E-state index in [1.807, 2.05) is 12.4 Å². The predicted molar refractivity (Wildman–Crippen MR) is 104 cm³/mol. The van der Waals surface area contributed by atoms with Gasteiger partial charge in [-0.2, -0.15) is 0 Å². The Balaban J connectivity index is 0.000000240. The summed E-state index contributed by atoms with van der Waals surface area (Å²) in [4.78, 5) is 8.67. The van der Waals surface area contributed by atoms with Crippen molar-refractivity contribution in [2.45, 2.75) is 73.6 Å². The minimum atomic E-state index is 0.469. The molecule has 1 aromatic rings. The first-order valence-corrected chi connectivity index (χ1v) is 9.74. The van der Waals surface area contributed by atoms with Crippen LogP contribution in [0.1, 0.15) is 85.0 Å². The fraction of sp³-hybridized carbons (Fsp3) is 0.810.